The van der Waals surface area contributed by atoms with Crippen molar-refractivity contribution in [2.45, 2.75) is 27.7 Å². The number of aromatic nitrogens is 1. The number of nitrogens with zero attached hydrogens (tertiary/aromatic N) is 1. The zero-order chi connectivity index (χ0) is 14.8. The van der Waals surface area contributed by atoms with Gasteiger partial charge in [0.25, 0.3) is 0 Å². The summed E-state index contributed by atoms with van der Waals surface area (Å²) in [5.74, 6) is 0. The number of hydrogen-bond donors (Lipinski definition) is 2. The van der Waals surface area contributed by atoms with E-state index in [2.05, 4.69) is 50.9 Å². The fourth-order valence-corrected chi connectivity index (χ4v) is 1.96. The molecule has 2 N–H and O–H groups in total. The molecule has 5 nitrogen and oxygen atoms in total. The summed E-state index contributed by atoms with van der Waals surface area (Å²) in [6, 6.07) is 6.30. The lowest BCUT2D eigenvalue weighted by Gasteiger charge is -2.10. The third-order valence-corrected chi connectivity index (χ3v) is 3.02. The molecule has 1 aromatic heterocycles. The van der Waals surface area contributed by atoms with Crippen LogP contribution in [0.15, 0.2) is 18.2 Å². The summed E-state index contributed by atoms with van der Waals surface area (Å²) in [6.45, 7) is 8.54. The van der Waals surface area contributed by atoms with Crippen LogP contribution >= 0.6 is 0 Å². The predicted molar refractivity (Wildman–Crippen MR) is 74.9 cm³/mol. The van der Waals surface area contributed by atoms with Gasteiger partial charge in [-0.15, -0.1) is 0 Å². The molecule has 0 aliphatic rings. The van der Waals surface area contributed by atoms with Gasteiger partial charge in [-0.3, -0.25) is 14.1 Å². The number of fused-ring (bicyclic) bond motifs is 1. The molecule has 0 radical (unpaired) electrons. The second-order valence-corrected chi connectivity index (χ2v) is 5.26. The van der Waals surface area contributed by atoms with E-state index in [1.165, 1.54) is 22.1 Å². The molecule has 0 aliphatic heterocycles. The third kappa shape index (κ3) is 4.27. The Labute approximate surface area is 112 Å². The van der Waals surface area contributed by atoms with Crippen molar-refractivity contribution in [3.63, 3.8) is 0 Å². The molecule has 0 saturated carbocycles. The Balaban J connectivity index is 0.000000312. The van der Waals surface area contributed by atoms with E-state index in [4.69, 9.17) is 17.5 Å². The van der Waals surface area contributed by atoms with Crippen molar-refractivity contribution in [1.29, 1.82) is 0 Å². The Bertz CT molecular complexity index is 700. The normalized spacial score (nSPS) is 11.1. The lowest BCUT2D eigenvalue weighted by atomic mass is 10.00. The minimum absolute atomic E-state index is 1.12. The second-order valence-electron chi connectivity index (χ2n) is 4.36. The first-order chi connectivity index (χ1) is 8.61. The summed E-state index contributed by atoms with van der Waals surface area (Å²) in [6.07, 6.45) is 0. The highest BCUT2D eigenvalue weighted by molar-refractivity contribution is 7.79. The summed E-state index contributed by atoms with van der Waals surface area (Å²) < 4.78 is 31.6. The smallest absolute Gasteiger partial charge is 0.264 e. The minimum atomic E-state index is -4.67. The van der Waals surface area contributed by atoms with Crippen LogP contribution in [0.25, 0.3) is 10.9 Å². The molecule has 0 atom stereocenters. The molecular formula is C13H17NO4S. The van der Waals surface area contributed by atoms with E-state index in [0.29, 0.717) is 0 Å². The van der Waals surface area contributed by atoms with Gasteiger partial charge >= 0.3 is 10.4 Å². The largest absolute Gasteiger partial charge is 0.394 e. The maximum absolute atomic E-state index is 8.74. The molecule has 0 spiro atoms. The van der Waals surface area contributed by atoms with E-state index in [9.17, 15) is 0 Å². The van der Waals surface area contributed by atoms with Crippen molar-refractivity contribution in [1.82, 2.24) is 4.98 Å². The average molecular weight is 283 g/mol. The molecule has 19 heavy (non-hydrogen) atoms. The zero-order valence-corrected chi connectivity index (χ0v) is 12.1. The van der Waals surface area contributed by atoms with Crippen LogP contribution in [0.1, 0.15) is 22.4 Å². The summed E-state index contributed by atoms with van der Waals surface area (Å²) >= 11 is 0. The van der Waals surface area contributed by atoms with Gasteiger partial charge in [-0.25, -0.2) is 0 Å². The third-order valence-electron chi connectivity index (χ3n) is 3.02. The molecule has 1 aromatic carbocycles. The highest BCUT2D eigenvalue weighted by Crippen LogP contribution is 2.24. The maximum atomic E-state index is 8.74. The molecule has 0 aliphatic carbocycles. The monoisotopic (exact) mass is 283 g/mol. The van der Waals surface area contributed by atoms with Crippen molar-refractivity contribution >= 4 is 21.3 Å². The molecule has 2 rings (SSSR count). The van der Waals surface area contributed by atoms with Crippen LogP contribution in [0.3, 0.4) is 0 Å². The van der Waals surface area contributed by atoms with Crippen LogP contribution in [-0.2, 0) is 10.4 Å². The first-order valence-electron chi connectivity index (χ1n) is 5.64. The summed E-state index contributed by atoms with van der Waals surface area (Å²) in [5.41, 5.74) is 6.25. The zero-order valence-electron chi connectivity index (χ0n) is 11.3. The molecular weight excluding hydrogens is 266 g/mol. The van der Waals surface area contributed by atoms with Gasteiger partial charge in [0, 0.05) is 11.1 Å². The van der Waals surface area contributed by atoms with Gasteiger partial charge in [0.2, 0.25) is 0 Å². The highest BCUT2D eigenvalue weighted by atomic mass is 32.3. The summed E-state index contributed by atoms with van der Waals surface area (Å²) in [7, 11) is -4.67. The summed E-state index contributed by atoms with van der Waals surface area (Å²) in [4.78, 5) is 4.60. The fraction of sp³-hybridized carbons (Fsp3) is 0.308. The topological polar surface area (TPSA) is 87.5 Å². The lowest BCUT2D eigenvalue weighted by molar-refractivity contribution is 0.381. The van der Waals surface area contributed by atoms with Crippen LogP contribution in [0, 0.1) is 27.7 Å². The van der Waals surface area contributed by atoms with Crippen LogP contribution < -0.4 is 0 Å². The first-order valence-corrected chi connectivity index (χ1v) is 7.04. The van der Waals surface area contributed by atoms with Crippen molar-refractivity contribution in [2.24, 2.45) is 0 Å². The van der Waals surface area contributed by atoms with Crippen LogP contribution in [0.4, 0.5) is 0 Å². The van der Waals surface area contributed by atoms with Gasteiger partial charge in [-0.05, 0) is 50.5 Å². The first kappa shape index (κ1) is 15.6. The Morgan fingerprint density at radius 2 is 1.53 bits per heavy atom. The van der Waals surface area contributed by atoms with E-state index in [-0.39, 0.29) is 0 Å². The highest BCUT2D eigenvalue weighted by Gasteiger charge is 2.06. The molecule has 0 fully saturated rings. The Morgan fingerprint density at radius 3 is 2.05 bits per heavy atom. The Hall–Kier alpha value is -1.50. The molecule has 0 saturated heterocycles. The van der Waals surface area contributed by atoms with Crippen LogP contribution in [0.2, 0.25) is 0 Å². The maximum Gasteiger partial charge on any atom is 0.394 e. The Morgan fingerprint density at radius 1 is 1.00 bits per heavy atom. The minimum Gasteiger partial charge on any atom is -0.264 e. The van der Waals surface area contributed by atoms with Crippen molar-refractivity contribution in [3.8, 4) is 0 Å². The Kier molecular flexibility index (Phi) is 4.62. The molecule has 104 valence electrons. The quantitative estimate of drug-likeness (QED) is 0.726. The van der Waals surface area contributed by atoms with Gasteiger partial charge in [-0.1, -0.05) is 12.1 Å². The fourth-order valence-electron chi connectivity index (χ4n) is 1.96. The average Bonchev–Trinajstić information content (AvgIpc) is 2.23. The lowest BCUT2D eigenvalue weighted by Crippen LogP contribution is -1.94. The van der Waals surface area contributed by atoms with Gasteiger partial charge in [-0.2, -0.15) is 8.42 Å². The molecule has 6 heteroatoms. The van der Waals surface area contributed by atoms with Gasteiger partial charge in [0.1, 0.15) is 0 Å². The number of rotatable bonds is 0. The van der Waals surface area contributed by atoms with Gasteiger partial charge in [0.05, 0.1) is 5.52 Å². The standard InChI is InChI=1S/C13H15N.H2O4S/c1-8-6-5-7-12-13(8)10(3)9(2)11(4)14-12;1-5(2,3)4/h5-7H,1-4H3;(H2,1,2,3,4). The number of benzene rings is 1. The second kappa shape index (κ2) is 5.64. The molecule has 0 unspecified atom stereocenters. The van der Waals surface area contributed by atoms with Crippen LogP contribution in [0.5, 0.6) is 0 Å². The van der Waals surface area contributed by atoms with E-state index in [1.54, 1.807) is 0 Å². The number of pyridine rings is 1. The van der Waals surface area contributed by atoms with E-state index < -0.39 is 10.4 Å². The van der Waals surface area contributed by atoms with Crippen molar-refractivity contribution < 1.29 is 17.5 Å². The SMILES string of the molecule is Cc1nc2cccc(C)c2c(C)c1C.O=S(=O)(O)O. The van der Waals surface area contributed by atoms with Gasteiger partial charge < -0.3 is 0 Å². The number of hydrogen-bond acceptors (Lipinski definition) is 3. The van der Waals surface area contributed by atoms with E-state index in [1.807, 2.05) is 0 Å². The van der Waals surface area contributed by atoms with E-state index in [0.717, 1.165) is 11.2 Å². The predicted octanol–water partition coefficient (Wildman–Crippen LogP) is 2.82. The van der Waals surface area contributed by atoms with Gasteiger partial charge in [0.15, 0.2) is 0 Å². The molecule has 0 amide bonds. The van der Waals surface area contributed by atoms with E-state index >= 15 is 0 Å². The number of aryl methyl sites for hydroxylation is 3. The molecule has 1 heterocycles. The summed E-state index contributed by atoms with van der Waals surface area (Å²) in [5, 5.41) is 1.32. The van der Waals surface area contributed by atoms with Crippen molar-refractivity contribution in [2.75, 3.05) is 0 Å². The molecule has 2 aromatic rings. The van der Waals surface area contributed by atoms with Crippen LogP contribution in [-0.4, -0.2) is 22.5 Å². The molecule has 0 bridgehead atoms. The van der Waals surface area contributed by atoms with Crippen molar-refractivity contribution in [3.05, 3.63) is 40.6 Å².